The maximum absolute atomic E-state index is 11.3. The molecule has 1 nitrogen and oxygen atoms in total. The van der Waals surface area contributed by atoms with Crippen LogP contribution < -0.4 is 0 Å². The van der Waals surface area contributed by atoms with E-state index in [9.17, 15) is 5.11 Å². The van der Waals surface area contributed by atoms with Crippen LogP contribution in [-0.4, -0.2) is 5.11 Å². The van der Waals surface area contributed by atoms with Crippen LogP contribution in [0.25, 0.3) is 0 Å². The molecule has 0 bridgehead atoms. The van der Waals surface area contributed by atoms with Crippen LogP contribution in [0.3, 0.4) is 0 Å². The van der Waals surface area contributed by atoms with Gasteiger partial charge in [-0.3, -0.25) is 0 Å². The van der Waals surface area contributed by atoms with Gasteiger partial charge in [0.15, 0.2) is 5.60 Å². The highest BCUT2D eigenvalue weighted by atomic mass is 16.3. The molecular formula is C21H20O. The summed E-state index contributed by atoms with van der Waals surface area (Å²) in [6, 6.07) is 19.4. The Bertz CT molecular complexity index is 662. The molecule has 22 heavy (non-hydrogen) atoms. The van der Waals surface area contributed by atoms with Gasteiger partial charge in [-0.15, -0.1) is 0 Å². The van der Waals surface area contributed by atoms with E-state index >= 15 is 0 Å². The Morgan fingerprint density at radius 3 is 1.91 bits per heavy atom. The minimum atomic E-state index is -1.26. The summed E-state index contributed by atoms with van der Waals surface area (Å²) < 4.78 is 0. The molecule has 0 unspecified atom stereocenters. The molecule has 0 radical (unpaired) electrons. The van der Waals surface area contributed by atoms with Crippen molar-refractivity contribution in [1.29, 1.82) is 0 Å². The summed E-state index contributed by atoms with van der Waals surface area (Å²) in [6.07, 6.45) is 6.75. The molecule has 0 aliphatic heterocycles. The van der Waals surface area contributed by atoms with Crippen LogP contribution in [0, 0.1) is 11.8 Å². The van der Waals surface area contributed by atoms with Gasteiger partial charge in [0.2, 0.25) is 0 Å². The normalized spacial score (nSPS) is 14.7. The number of rotatable bonds is 2. The van der Waals surface area contributed by atoms with E-state index in [1.54, 1.807) is 0 Å². The lowest BCUT2D eigenvalue weighted by Crippen LogP contribution is -2.25. The lowest BCUT2D eigenvalue weighted by molar-refractivity contribution is 0.145. The van der Waals surface area contributed by atoms with Crippen LogP contribution in [0.15, 0.2) is 72.3 Å². The number of allylic oxidation sites excluding steroid dienone is 2. The van der Waals surface area contributed by atoms with Crippen LogP contribution in [-0.2, 0) is 5.60 Å². The Morgan fingerprint density at radius 1 is 0.818 bits per heavy atom. The third kappa shape index (κ3) is 3.13. The first-order valence-electron chi connectivity index (χ1n) is 7.85. The fraction of sp³-hybridized carbons (Fsp3) is 0.238. The van der Waals surface area contributed by atoms with E-state index in [4.69, 9.17) is 0 Å². The van der Waals surface area contributed by atoms with Gasteiger partial charge in [0, 0.05) is 11.1 Å². The zero-order chi connectivity index (χ0) is 15.3. The number of hydrogen-bond acceptors (Lipinski definition) is 1. The van der Waals surface area contributed by atoms with Crippen molar-refractivity contribution >= 4 is 0 Å². The molecule has 0 atom stereocenters. The molecule has 0 saturated heterocycles. The van der Waals surface area contributed by atoms with Crippen molar-refractivity contribution in [3.8, 4) is 11.8 Å². The topological polar surface area (TPSA) is 20.2 Å². The highest BCUT2D eigenvalue weighted by Crippen LogP contribution is 2.29. The van der Waals surface area contributed by atoms with Gasteiger partial charge >= 0.3 is 0 Å². The number of aliphatic hydroxyl groups is 1. The van der Waals surface area contributed by atoms with Crippen molar-refractivity contribution in [3.05, 3.63) is 83.4 Å². The summed E-state index contributed by atoms with van der Waals surface area (Å²) in [6.45, 7) is 0. The molecule has 0 fully saturated rings. The summed E-state index contributed by atoms with van der Waals surface area (Å²) in [7, 11) is 0. The Balaban J connectivity index is 2.04. The second kappa shape index (κ2) is 6.64. The molecule has 0 aromatic heterocycles. The average molecular weight is 288 g/mol. The molecule has 0 spiro atoms. The molecule has 1 aliphatic rings. The third-order valence-electron chi connectivity index (χ3n) is 4.08. The maximum Gasteiger partial charge on any atom is 0.177 e. The summed E-state index contributed by atoms with van der Waals surface area (Å²) in [5, 5.41) is 11.3. The Hall–Kier alpha value is -2.30. The minimum Gasteiger partial charge on any atom is -0.369 e. The molecule has 1 aliphatic carbocycles. The van der Waals surface area contributed by atoms with Crippen molar-refractivity contribution in [1.82, 2.24) is 0 Å². The molecule has 110 valence electrons. The monoisotopic (exact) mass is 288 g/mol. The lowest BCUT2D eigenvalue weighted by atomic mass is 9.86. The van der Waals surface area contributed by atoms with Crippen molar-refractivity contribution in [3.63, 3.8) is 0 Å². The zero-order valence-electron chi connectivity index (χ0n) is 12.6. The molecule has 1 N–H and O–H groups in total. The van der Waals surface area contributed by atoms with Crippen LogP contribution in [0.5, 0.6) is 0 Å². The number of benzene rings is 2. The summed E-state index contributed by atoms with van der Waals surface area (Å²) >= 11 is 0. The van der Waals surface area contributed by atoms with Crippen molar-refractivity contribution in [2.75, 3.05) is 0 Å². The smallest absolute Gasteiger partial charge is 0.177 e. The van der Waals surface area contributed by atoms with Gasteiger partial charge in [0.05, 0.1) is 0 Å². The highest BCUT2D eigenvalue weighted by molar-refractivity contribution is 5.46. The van der Waals surface area contributed by atoms with E-state index in [1.165, 1.54) is 12.8 Å². The second-order valence-corrected chi connectivity index (χ2v) is 5.67. The highest BCUT2D eigenvalue weighted by Gasteiger charge is 2.29. The SMILES string of the molecule is OC(C#CC1=CCCCC1)(c1ccccc1)c1ccccc1. The summed E-state index contributed by atoms with van der Waals surface area (Å²) in [4.78, 5) is 0. The van der Waals surface area contributed by atoms with Crippen LogP contribution in [0.1, 0.15) is 36.8 Å². The van der Waals surface area contributed by atoms with E-state index in [-0.39, 0.29) is 0 Å². The summed E-state index contributed by atoms with van der Waals surface area (Å²) in [5.74, 6) is 6.36. The van der Waals surface area contributed by atoms with Gasteiger partial charge < -0.3 is 5.11 Å². The Labute approximate surface area is 132 Å². The first kappa shape index (κ1) is 14.6. The maximum atomic E-state index is 11.3. The van der Waals surface area contributed by atoms with Gasteiger partial charge in [0.1, 0.15) is 0 Å². The van der Waals surface area contributed by atoms with Gasteiger partial charge in [-0.2, -0.15) is 0 Å². The molecule has 3 rings (SSSR count). The van der Waals surface area contributed by atoms with E-state index in [0.717, 1.165) is 29.5 Å². The van der Waals surface area contributed by atoms with E-state index in [0.29, 0.717) is 0 Å². The van der Waals surface area contributed by atoms with E-state index in [2.05, 4.69) is 17.9 Å². The molecular weight excluding hydrogens is 268 g/mol. The first-order chi connectivity index (χ1) is 10.8. The summed E-state index contributed by atoms with van der Waals surface area (Å²) in [5.41, 5.74) is 1.51. The molecule has 2 aromatic carbocycles. The number of hydrogen-bond donors (Lipinski definition) is 1. The van der Waals surface area contributed by atoms with E-state index < -0.39 is 5.60 Å². The average Bonchev–Trinajstić information content (AvgIpc) is 2.62. The van der Waals surface area contributed by atoms with Gasteiger partial charge in [-0.25, -0.2) is 0 Å². The fourth-order valence-corrected chi connectivity index (χ4v) is 2.79. The Kier molecular flexibility index (Phi) is 4.42. The third-order valence-corrected chi connectivity index (χ3v) is 4.08. The van der Waals surface area contributed by atoms with E-state index in [1.807, 2.05) is 60.7 Å². The van der Waals surface area contributed by atoms with Gasteiger partial charge in [0.25, 0.3) is 0 Å². The van der Waals surface area contributed by atoms with Crippen LogP contribution in [0.2, 0.25) is 0 Å². The predicted molar refractivity (Wildman–Crippen MR) is 90.2 cm³/mol. The molecule has 0 amide bonds. The molecule has 0 saturated carbocycles. The first-order valence-corrected chi connectivity index (χ1v) is 7.85. The predicted octanol–water partition coefficient (Wildman–Crippen LogP) is 4.43. The van der Waals surface area contributed by atoms with Crippen LogP contribution in [0.4, 0.5) is 0 Å². The standard InChI is InChI=1S/C21H20O/c22-21(19-12-6-2-7-13-19,20-14-8-3-9-15-20)17-16-18-10-4-1-5-11-18/h2-3,6-10,12-15,22H,1,4-5,11H2. The minimum absolute atomic E-state index is 0.810. The van der Waals surface area contributed by atoms with Gasteiger partial charge in [-0.1, -0.05) is 78.6 Å². The van der Waals surface area contributed by atoms with Crippen molar-refractivity contribution < 1.29 is 5.11 Å². The fourth-order valence-electron chi connectivity index (χ4n) is 2.79. The van der Waals surface area contributed by atoms with Crippen molar-refractivity contribution in [2.45, 2.75) is 31.3 Å². The largest absolute Gasteiger partial charge is 0.369 e. The molecule has 0 heterocycles. The second-order valence-electron chi connectivity index (χ2n) is 5.67. The van der Waals surface area contributed by atoms with Gasteiger partial charge in [-0.05, 0) is 31.3 Å². The van der Waals surface area contributed by atoms with Crippen molar-refractivity contribution in [2.24, 2.45) is 0 Å². The Morgan fingerprint density at radius 2 is 1.41 bits per heavy atom. The molecule has 2 aromatic rings. The molecule has 1 heteroatoms. The van der Waals surface area contributed by atoms with Crippen LogP contribution >= 0.6 is 0 Å². The lowest BCUT2D eigenvalue weighted by Gasteiger charge is -2.23. The quantitative estimate of drug-likeness (QED) is 0.811. The zero-order valence-corrected chi connectivity index (χ0v) is 12.6.